The van der Waals surface area contributed by atoms with Crippen molar-refractivity contribution in [3.05, 3.63) is 70.5 Å². The van der Waals surface area contributed by atoms with Gasteiger partial charge < -0.3 is 15.4 Å². The summed E-state index contributed by atoms with van der Waals surface area (Å²) < 4.78 is 19.1. The van der Waals surface area contributed by atoms with E-state index in [-0.39, 0.29) is 23.7 Å². The first kappa shape index (κ1) is 23.2. The molecule has 0 aliphatic carbocycles. The quantitative estimate of drug-likeness (QED) is 0.579. The fourth-order valence-corrected chi connectivity index (χ4v) is 3.64. The van der Waals surface area contributed by atoms with E-state index in [0.29, 0.717) is 49.7 Å². The molecule has 0 bridgehead atoms. The molecular weight excluding hydrogens is 421 g/mol. The third-order valence-corrected chi connectivity index (χ3v) is 5.44. The van der Waals surface area contributed by atoms with Crippen LogP contribution >= 0.6 is 11.6 Å². The number of nitrogens with zero attached hydrogens (tertiary/aromatic N) is 1. The van der Waals surface area contributed by atoms with Gasteiger partial charge in [-0.15, -0.1) is 0 Å². The van der Waals surface area contributed by atoms with Gasteiger partial charge in [-0.3, -0.25) is 14.5 Å². The molecule has 166 valence electrons. The summed E-state index contributed by atoms with van der Waals surface area (Å²) in [7, 11) is 0. The monoisotopic (exact) mass is 447 g/mol. The van der Waals surface area contributed by atoms with Crippen molar-refractivity contribution in [3.8, 4) is 0 Å². The van der Waals surface area contributed by atoms with Crippen molar-refractivity contribution in [3.63, 3.8) is 0 Å². The maximum Gasteiger partial charge on any atom is 0.251 e. The third kappa shape index (κ3) is 7.31. The molecule has 0 saturated carbocycles. The van der Waals surface area contributed by atoms with Crippen LogP contribution in [-0.4, -0.2) is 56.1 Å². The highest BCUT2D eigenvalue weighted by molar-refractivity contribution is 6.30. The Morgan fingerprint density at radius 3 is 2.55 bits per heavy atom. The zero-order valence-corrected chi connectivity index (χ0v) is 18.0. The minimum Gasteiger partial charge on any atom is -0.379 e. The molecule has 1 atom stereocenters. The number of ether oxygens (including phenoxy) is 1. The highest BCUT2D eigenvalue weighted by Gasteiger charge is 2.23. The van der Waals surface area contributed by atoms with Gasteiger partial charge in [0.2, 0.25) is 5.91 Å². The Morgan fingerprint density at radius 2 is 1.84 bits per heavy atom. The molecule has 1 fully saturated rings. The number of benzene rings is 2. The van der Waals surface area contributed by atoms with Crippen LogP contribution in [0.3, 0.4) is 0 Å². The lowest BCUT2D eigenvalue weighted by atomic mass is 10.0. The van der Waals surface area contributed by atoms with Crippen LogP contribution < -0.4 is 10.6 Å². The number of carbonyl (C=O) groups is 2. The van der Waals surface area contributed by atoms with Crippen molar-refractivity contribution < 1.29 is 18.7 Å². The number of rotatable bonds is 9. The third-order valence-electron chi connectivity index (χ3n) is 5.19. The molecule has 2 aromatic carbocycles. The molecule has 0 aromatic heterocycles. The van der Waals surface area contributed by atoms with E-state index in [4.69, 9.17) is 16.3 Å². The number of amides is 2. The van der Waals surface area contributed by atoms with Crippen molar-refractivity contribution >= 4 is 23.4 Å². The molecule has 0 spiro atoms. The Morgan fingerprint density at radius 1 is 1.10 bits per heavy atom. The maximum absolute atomic E-state index is 13.7. The summed E-state index contributed by atoms with van der Waals surface area (Å²) in [6.45, 7) is 3.48. The Bertz CT molecular complexity index is 873. The van der Waals surface area contributed by atoms with Gasteiger partial charge in [-0.25, -0.2) is 4.39 Å². The smallest absolute Gasteiger partial charge is 0.251 e. The molecule has 1 heterocycles. The summed E-state index contributed by atoms with van der Waals surface area (Å²) in [4.78, 5) is 26.6. The number of carbonyl (C=O) groups excluding carboxylic acids is 2. The molecular formula is C23H27ClFN3O3. The van der Waals surface area contributed by atoms with Gasteiger partial charge >= 0.3 is 0 Å². The van der Waals surface area contributed by atoms with Crippen molar-refractivity contribution in [2.75, 3.05) is 39.4 Å². The van der Waals surface area contributed by atoms with Gasteiger partial charge in [-0.05, 0) is 48.4 Å². The summed E-state index contributed by atoms with van der Waals surface area (Å²) in [6.07, 6.45) is 0.813. The summed E-state index contributed by atoms with van der Waals surface area (Å²) in [5.41, 5.74) is 1.36. The topological polar surface area (TPSA) is 70.7 Å². The van der Waals surface area contributed by atoms with E-state index in [0.717, 1.165) is 18.7 Å². The second-order valence-corrected chi connectivity index (χ2v) is 7.83. The molecule has 3 rings (SSSR count). The zero-order chi connectivity index (χ0) is 22.1. The average molecular weight is 448 g/mol. The van der Waals surface area contributed by atoms with Gasteiger partial charge in [-0.2, -0.15) is 0 Å². The number of hydrogen-bond acceptors (Lipinski definition) is 4. The summed E-state index contributed by atoms with van der Waals surface area (Å²) >= 11 is 5.82. The van der Waals surface area contributed by atoms with Crippen LogP contribution in [0, 0.1) is 5.82 Å². The molecule has 0 radical (unpaired) electrons. The van der Waals surface area contributed by atoms with E-state index in [1.165, 1.54) is 12.1 Å². The van der Waals surface area contributed by atoms with Gasteiger partial charge in [0.25, 0.3) is 5.91 Å². The first-order valence-electron chi connectivity index (χ1n) is 10.4. The fraction of sp³-hybridized carbons (Fsp3) is 0.391. The van der Waals surface area contributed by atoms with Gasteiger partial charge in [0, 0.05) is 43.2 Å². The van der Waals surface area contributed by atoms with Crippen LogP contribution in [0.4, 0.5) is 4.39 Å². The average Bonchev–Trinajstić information content (AvgIpc) is 2.78. The highest BCUT2D eigenvalue weighted by atomic mass is 35.5. The number of hydrogen-bond donors (Lipinski definition) is 2. The number of halogens is 2. The first-order chi connectivity index (χ1) is 15.0. The van der Waals surface area contributed by atoms with Gasteiger partial charge in [-0.1, -0.05) is 23.7 Å². The van der Waals surface area contributed by atoms with E-state index in [2.05, 4.69) is 15.5 Å². The largest absolute Gasteiger partial charge is 0.379 e. The van der Waals surface area contributed by atoms with Crippen LogP contribution in [0.1, 0.15) is 34.8 Å². The SMILES string of the molecule is O=C(CCCNC(=O)c1ccc(Cl)cc1)NCC(c1cccc(F)c1)N1CCOCC1. The van der Waals surface area contributed by atoms with E-state index >= 15 is 0 Å². The minimum absolute atomic E-state index is 0.101. The second kappa shape index (κ2) is 11.8. The van der Waals surface area contributed by atoms with Gasteiger partial charge in [0.05, 0.1) is 19.3 Å². The first-order valence-corrected chi connectivity index (χ1v) is 10.8. The van der Waals surface area contributed by atoms with Crippen molar-refractivity contribution in [1.82, 2.24) is 15.5 Å². The summed E-state index contributed by atoms with van der Waals surface area (Å²) in [5.74, 6) is -0.593. The van der Waals surface area contributed by atoms with Crippen LogP contribution in [-0.2, 0) is 9.53 Å². The molecule has 2 amide bonds. The van der Waals surface area contributed by atoms with Crippen LogP contribution in [0.15, 0.2) is 48.5 Å². The number of nitrogens with one attached hydrogen (secondary N) is 2. The Labute approximate surface area is 186 Å². The molecule has 1 aliphatic heterocycles. The highest BCUT2D eigenvalue weighted by Crippen LogP contribution is 2.22. The van der Waals surface area contributed by atoms with Crippen molar-refractivity contribution in [2.45, 2.75) is 18.9 Å². The fourth-order valence-electron chi connectivity index (χ4n) is 3.51. The lowest BCUT2D eigenvalue weighted by Crippen LogP contribution is -2.43. The van der Waals surface area contributed by atoms with E-state index in [1.807, 2.05) is 6.07 Å². The maximum atomic E-state index is 13.7. The van der Waals surface area contributed by atoms with Gasteiger partial charge in [0.1, 0.15) is 5.82 Å². The van der Waals surface area contributed by atoms with E-state index in [1.54, 1.807) is 30.3 Å². The molecule has 2 aromatic rings. The predicted molar refractivity (Wildman–Crippen MR) is 118 cm³/mol. The summed E-state index contributed by atoms with van der Waals surface area (Å²) in [6, 6.07) is 13.0. The molecule has 1 unspecified atom stereocenters. The summed E-state index contributed by atoms with van der Waals surface area (Å²) in [5, 5.41) is 6.32. The Kier molecular flexibility index (Phi) is 8.82. The zero-order valence-electron chi connectivity index (χ0n) is 17.3. The van der Waals surface area contributed by atoms with Crippen LogP contribution in [0.2, 0.25) is 5.02 Å². The lowest BCUT2D eigenvalue weighted by Gasteiger charge is -2.35. The van der Waals surface area contributed by atoms with Crippen molar-refractivity contribution in [2.24, 2.45) is 0 Å². The standard InChI is InChI=1S/C23H27ClFN3O3/c24-19-8-6-17(7-9-19)23(30)26-10-2-5-22(29)27-16-21(28-11-13-31-14-12-28)18-3-1-4-20(25)15-18/h1,3-4,6-9,15,21H,2,5,10-14,16H2,(H,26,30)(H,27,29). The van der Waals surface area contributed by atoms with Crippen LogP contribution in [0.25, 0.3) is 0 Å². The normalized spacial score (nSPS) is 15.3. The second-order valence-electron chi connectivity index (χ2n) is 7.39. The molecule has 1 saturated heterocycles. The van der Waals surface area contributed by atoms with E-state index < -0.39 is 0 Å². The molecule has 2 N–H and O–H groups in total. The van der Waals surface area contributed by atoms with Crippen LogP contribution in [0.5, 0.6) is 0 Å². The van der Waals surface area contributed by atoms with Crippen molar-refractivity contribution in [1.29, 1.82) is 0 Å². The predicted octanol–water partition coefficient (Wildman–Crippen LogP) is 3.18. The van der Waals surface area contributed by atoms with E-state index in [9.17, 15) is 14.0 Å². The Hall–Kier alpha value is -2.48. The molecule has 8 heteroatoms. The number of morpholine rings is 1. The Balaban J connectivity index is 1.44. The molecule has 1 aliphatic rings. The molecule has 31 heavy (non-hydrogen) atoms. The molecule has 6 nitrogen and oxygen atoms in total. The lowest BCUT2D eigenvalue weighted by molar-refractivity contribution is -0.121. The minimum atomic E-state index is -0.293. The van der Waals surface area contributed by atoms with Gasteiger partial charge in [0.15, 0.2) is 0 Å².